The Kier molecular flexibility index (Phi) is 10.9. The summed E-state index contributed by atoms with van der Waals surface area (Å²) in [6, 6.07) is 2.03. The Labute approximate surface area is 173 Å². The average Bonchev–Trinajstić information content (AvgIpc) is 2.62. The fourth-order valence-corrected chi connectivity index (χ4v) is 3.61. The molecule has 0 N–H and O–H groups in total. The van der Waals surface area contributed by atoms with Crippen molar-refractivity contribution in [2.24, 2.45) is 0 Å². The van der Waals surface area contributed by atoms with Gasteiger partial charge < -0.3 is 14.4 Å². The molecule has 0 spiro atoms. The molecule has 0 radical (unpaired) electrons. The highest BCUT2D eigenvalue weighted by atomic mass is 35.5. The number of hydrogen-bond donors (Lipinski definition) is 0. The Bertz CT molecular complexity index is 646. The Morgan fingerprint density at radius 3 is 2.25 bits per heavy atom. The summed E-state index contributed by atoms with van der Waals surface area (Å²) in [5.74, 6) is -0.753. The van der Waals surface area contributed by atoms with Crippen LogP contribution in [0.15, 0.2) is 6.07 Å². The summed E-state index contributed by atoms with van der Waals surface area (Å²) in [7, 11) is 0. The van der Waals surface area contributed by atoms with Gasteiger partial charge in [-0.15, -0.1) is 0 Å². The molecule has 0 aliphatic carbocycles. The topological polar surface area (TPSA) is 68.7 Å². The molecule has 0 atom stereocenters. The van der Waals surface area contributed by atoms with Crippen molar-refractivity contribution in [2.45, 2.75) is 72.8 Å². The van der Waals surface area contributed by atoms with Crippen LogP contribution in [-0.4, -0.2) is 42.7 Å². The molecule has 0 bridgehead atoms. The van der Waals surface area contributed by atoms with E-state index in [4.69, 9.17) is 21.1 Å². The highest BCUT2D eigenvalue weighted by molar-refractivity contribution is 6.33. The number of aromatic nitrogens is 1. The minimum atomic E-state index is -0.497. The third-order valence-corrected chi connectivity index (χ3v) is 4.69. The van der Waals surface area contributed by atoms with Gasteiger partial charge in [0.2, 0.25) is 0 Å². The van der Waals surface area contributed by atoms with Crippen LogP contribution in [0.2, 0.25) is 5.15 Å². The van der Waals surface area contributed by atoms with Crippen LogP contribution in [0, 0.1) is 6.92 Å². The van der Waals surface area contributed by atoms with Crippen molar-refractivity contribution in [2.75, 3.05) is 24.7 Å². The first-order valence-electron chi connectivity index (χ1n) is 10.2. The molecule has 28 heavy (non-hydrogen) atoms. The predicted octanol–water partition coefficient (Wildman–Crippen LogP) is 4.95. The molecule has 1 aromatic rings. The van der Waals surface area contributed by atoms with Gasteiger partial charge in [-0.1, -0.05) is 38.3 Å². The van der Waals surface area contributed by atoms with Crippen molar-refractivity contribution in [3.8, 4) is 0 Å². The lowest BCUT2D eigenvalue weighted by Gasteiger charge is -2.35. The van der Waals surface area contributed by atoms with Crippen LogP contribution in [0.3, 0.4) is 0 Å². The number of hydrogen-bond acceptors (Lipinski definition) is 6. The van der Waals surface area contributed by atoms with Crippen LogP contribution < -0.4 is 4.90 Å². The zero-order chi connectivity index (χ0) is 21.1. The number of pyridine rings is 1. The van der Waals surface area contributed by atoms with Crippen LogP contribution in [-0.2, 0) is 14.3 Å². The second-order valence-corrected chi connectivity index (χ2v) is 7.01. The van der Waals surface area contributed by atoms with E-state index in [1.54, 1.807) is 13.8 Å². The minimum absolute atomic E-state index is 0.126. The number of anilines is 1. The van der Waals surface area contributed by atoms with E-state index in [0.717, 1.165) is 25.7 Å². The predicted molar refractivity (Wildman–Crippen MR) is 112 cm³/mol. The van der Waals surface area contributed by atoms with Gasteiger partial charge in [0.15, 0.2) is 0 Å². The Hall–Kier alpha value is -1.82. The summed E-state index contributed by atoms with van der Waals surface area (Å²) in [6.07, 6.45) is 4.11. The van der Waals surface area contributed by atoms with E-state index in [-0.39, 0.29) is 35.8 Å². The molecule has 0 aliphatic rings. The summed E-state index contributed by atoms with van der Waals surface area (Å²) < 4.78 is 10.3. The van der Waals surface area contributed by atoms with Gasteiger partial charge >= 0.3 is 11.9 Å². The molecular weight excluding hydrogens is 380 g/mol. The maximum Gasteiger partial charge on any atom is 0.343 e. The lowest BCUT2D eigenvalue weighted by Crippen LogP contribution is -2.38. The van der Waals surface area contributed by atoms with Crippen molar-refractivity contribution < 1.29 is 19.1 Å². The molecule has 1 heterocycles. The largest absolute Gasteiger partial charge is 0.466 e. The number of ether oxygens (including phenoxy) is 2. The van der Waals surface area contributed by atoms with E-state index < -0.39 is 5.97 Å². The fourth-order valence-electron chi connectivity index (χ4n) is 3.30. The molecule has 0 saturated carbocycles. The summed E-state index contributed by atoms with van der Waals surface area (Å²) in [6.45, 7) is 10.7. The van der Waals surface area contributed by atoms with Crippen LogP contribution >= 0.6 is 11.6 Å². The molecule has 1 aromatic heterocycles. The third kappa shape index (κ3) is 6.97. The van der Waals surface area contributed by atoms with Crippen molar-refractivity contribution >= 4 is 29.2 Å². The van der Waals surface area contributed by atoms with Gasteiger partial charge in [-0.3, -0.25) is 4.79 Å². The fraction of sp³-hybridized carbons (Fsp3) is 0.667. The highest BCUT2D eigenvalue weighted by Gasteiger charge is 2.27. The number of halogens is 1. The molecule has 7 heteroatoms. The molecule has 158 valence electrons. The molecule has 0 saturated heterocycles. The van der Waals surface area contributed by atoms with E-state index in [9.17, 15) is 9.59 Å². The SMILES string of the molecule is CCCC(CCC)N(CCC(=O)OCC)c1cc(C)nc(Cl)c1C(=O)OCC. The summed E-state index contributed by atoms with van der Waals surface area (Å²) in [5, 5.41) is 0.126. The molecule has 0 aliphatic heterocycles. The van der Waals surface area contributed by atoms with Gasteiger partial charge in [0.05, 0.1) is 25.3 Å². The summed E-state index contributed by atoms with van der Waals surface area (Å²) in [5.41, 5.74) is 1.64. The van der Waals surface area contributed by atoms with E-state index in [1.807, 2.05) is 13.0 Å². The number of nitrogens with zero attached hydrogens (tertiary/aromatic N) is 2. The molecule has 0 fully saturated rings. The van der Waals surface area contributed by atoms with E-state index in [2.05, 4.69) is 23.7 Å². The second kappa shape index (κ2) is 12.6. The Morgan fingerprint density at radius 2 is 1.71 bits per heavy atom. The van der Waals surface area contributed by atoms with E-state index in [1.165, 1.54) is 0 Å². The zero-order valence-electron chi connectivity index (χ0n) is 17.7. The standard InChI is InChI=1S/C21H33ClN2O4/c1-6-10-16(11-7-2)24(13-12-18(25)27-8-3)17-14-15(5)23-20(22)19(17)21(26)28-9-4/h14,16H,6-13H2,1-5H3. The molecule has 0 amide bonds. The molecule has 1 rings (SSSR count). The first-order valence-corrected chi connectivity index (χ1v) is 10.5. The van der Waals surface area contributed by atoms with Crippen molar-refractivity contribution in [1.82, 2.24) is 4.98 Å². The molecule has 6 nitrogen and oxygen atoms in total. The molecular formula is C21H33ClN2O4. The maximum atomic E-state index is 12.6. The van der Waals surface area contributed by atoms with E-state index in [0.29, 0.717) is 24.5 Å². The third-order valence-electron chi connectivity index (χ3n) is 4.42. The smallest absolute Gasteiger partial charge is 0.343 e. The first kappa shape index (κ1) is 24.2. The lowest BCUT2D eigenvalue weighted by atomic mass is 10.0. The zero-order valence-corrected chi connectivity index (χ0v) is 18.5. The molecule has 0 aromatic carbocycles. The number of aryl methyl sites for hydroxylation is 1. The Balaban J connectivity index is 3.41. The monoisotopic (exact) mass is 412 g/mol. The van der Waals surface area contributed by atoms with Gasteiger partial charge in [0.1, 0.15) is 10.7 Å². The first-order chi connectivity index (χ1) is 13.4. The number of carbonyl (C=O) groups excluding carboxylic acids is 2. The Morgan fingerprint density at radius 1 is 1.11 bits per heavy atom. The average molecular weight is 413 g/mol. The number of esters is 2. The quantitative estimate of drug-likeness (QED) is 0.357. The van der Waals surface area contributed by atoms with Gasteiger partial charge in [-0.2, -0.15) is 0 Å². The van der Waals surface area contributed by atoms with Crippen molar-refractivity contribution in [3.05, 3.63) is 22.5 Å². The van der Waals surface area contributed by atoms with Gasteiger partial charge in [-0.25, -0.2) is 9.78 Å². The normalized spacial score (nSPS) is 10.8. The second-order valence-electron chi connectivity index (χ2n) is 6.65. The van der Waals surface area contributed by atoms with Crippen molar-refractivity contribution in [3.63, 3.8) is 0 Å². The number of rotatable bonds is 12. The van der Waals surface area contributed by atoms with E-state index >= 15 is 0 Å². The molecule has 0 unspecified atom stereocenters. The van der Waals surface area contributed by atoms with Crippen molar-refractivity contribution in [1.29, 1.82) is 0 Å². The highest BCUT2D eigenvalue weighted by Crippen LogP contribution is 2.32. The van der Waals surface area contributed by atoms with Crippen LogP contribution in [0.1, 0.15) is 75.9 Å². The van der Waals surface area contributed by atoms with Gasteiger partial charge in [0.25, 0.3) is 0 Å². The lowest BCUT2D eigenvalue weighted by molar-refractivity contribution is -0.142. The van der Waals surface area contributed by atoms with Gasteiger partial charge in [-0.05, 0) is 39.7 Å². The number of carbonyl (C=O) groups is 2. The minimum Gasteiger partial charge on any atom is -0.466 e. The summed E-state index contributed by atoms with van der Waals surface area (Å²) in [4.78, 5) is 31.0. The summed E-state index contributed by atoms with van der Waals surface area (Å²) >= 11 is 6.35. The maximum absolute atomic E-state index is 12.6. The van der Waals surface area contributed by atoms with Crippen LogP contribution in [0.4, 0.5) is 5.69 Å². The van der Waals surface area contributed by atoms with Crippen LogP contribution in [0.5, 0.6) is 0 Å². The van der Waals surface area contributed by atoms with Gasteiger partial charge in [0, 0.05) is 18.3 Å². The van der Waals surface area contributed by atoms with Crippen LogP contribution in [0.25, 0.3) is 0 Å².